The average Bonchev–Trinajstić information content (AvgIpc) is 2.36. The Kier molecular flexibility index (Phi) is 7.52. The Labute approximate surface area is 122 Å². The second-order valence-electron chi connectivity index (χ2n) is 4.64. The highest BCUT2D eigenvalue weighted by atomic mass is 79.9. The number of carbonyl (C=O) groups is 1. The zero-order chi connectivity index (χ0) is 14.1. The van der Waals surface area contributed by atoms with Gasteiger partial charge in [0.15, 0.2) is 0 Å². The fourth-order valence-electron chi connectivity index (χ4n) is 1.29. The van der Waals surface area contributed by atoms with E-state index in [1.54, 1.807) is 0 Å². The topological polar surface area (TPSA) is 47.6 Å². The summed E-state index contributed by atoms with van der Waals surface area (Å²) in [6.45, 7) is 5.09. The minimum absolute atomic E-state index is 0.111. The van der Waals surface area contributed by atoms with E-state index in [1.165, 1.54) is 0 Å². The fraction of sp³-hybridized carbons (Fsp3) is 0.500. The highest BCUT2D eigenvalue weighted by Gasteiger charge is 2.02. The van der Waals surface area contributed by atoms with Gasteiger partial charge in [-0.3, -0.25) is 9.63 Å². The molecule has 19 heavy (non-hydrogen) atoms. The lowest BCUT2D eigenvalue weighted by Gasteiger charge is -2.08. The van der Waals surface area contributed by atoms with Crippen LogP contribution < -0.4 is 10.2 Å². The molecule has 0 bridgehead atoms. The predicted molar refractivity (Wildman–Crippen MR) is 77.8 cm³/mol. The van der Waals surface area contributed by atoms with Crippen LogP contribution >= 0.6 is 15.9 Å². The summed E-state index contributed by atoms with van der Waals surface area (Å²) in [6, 6.07) is 7.61. The highest BCUT2D eigenvalue weighted by molar-refractivity contribution is 9.10. The van der Waals surface area contributed by atoms with Crippen molar-refractivity contribution >= 4 is 21.8 Å². The van der Waals surface area contributed by atoms with Gasteiger partial charge in [-0.25, -0.2) is 5.48 Å². The lowest BCUT2D eigenvalue weighted by atomic mass is 10.2. The summed E-state index contributed by atoms with van der Waals surface area (Å²) >= 11 is 3.36. The summed E-state index contributed by atoms with van der Waals surface area (Å²) in [6.07, 6.45) is 1.06. The van der Waals surface area contributed by atoms with E-state index in [0.717, 1.165) is 10.2 Å². The van der Waals surface area contributed by atoms with Crippen LogP contribution in [0.2, 0.25) is 0 Å². The van der Waals surface area contributed by atoms with Crippen LogP contribution in [0, 0.1) is 5.92 Å². The molecule has 0 spiro atoms. The van der Waals surface area contributed by atoms with Crippen molar-refractivity contribution in [1.29, 1.82) is 0 Å². The van der Waals surface area contributed by atoms with E-state index in [2.05, 4.69) is 21.4 Å². The Balaban J connectivity index is 2.07. The van der Waals surface area contributed by atoms with Gasteiger partial charge >= 0.3 is 0 Å². The molecule has 0 fully saturated rings. The Morgan fingerprint density at radius 3 is 2.63 bits per heavy atom. The first-order chi connectivity index (χ1) is 9.08. The summed E-state index contributed by atoms with van der Waals surface area (Å²) in [5.74, 6) is 1.10. The number of hydroxylamine groups is 1. The largest absolute Gasteiger partial charge is 0.494 e. The summed E-state index contributed by atoms with van der Waals surface area (Å²) in [5.41, 5.74) is 2.42. The summed E-state index contributed by atoms with van der Waals surface area (Å²) in [7, 11) is 0. The zero-order valence-electron chi connectivity index (χ0n) is 11.3. The Morgan fingerprint density at radius 2 is 2.00 bits per heavy atom. The third kappa shape index (κ3) is 7.85. The van der Waals surface area contributed by atoms with Crippen LogP contribution in [0.25, 0.3) is 0 Å². The van der Waals surface area contributed by atoms with Crippen molar-refractivity contribution in [2.75, 3.05) is 13.2 Å². The second kappa shape index (κ2) is 8.93. The minimum Gasteiger partial charge on any atom is -0.494 e. The van der Waals surface area contributed by atoms with Gasteiger partial charge in [-0.05, 0) is 36.6 Å². The molecule has 0 aliphatic rings. The lowest BCUT2D eigenvalue weighted by Crippen LogP contribution is -2.25. The number of amides is 1. The van der Waals surface area contributed by atoms with E-state index in [9.17, 15) is 4.79 Å². The van der Waals surface area contributed by atoms with Gasteiger partial charge in [0.2, 0.25) is 5.91 Å². The van der Waals surface area contributed by atoms with Crippen molar-refractivity contribution in [2.45, 2.75) is 26.7 Å². The van der Waals surface area contributed by atoms with Crippen LogP contribution in [0.4, 0.5) is 0 Å². The van der Waals surface area contributed by atoms with Gasteiger partial charge in [-0.1, -0.05) is 29.8 Å². The number of carbonyl (C=O) groups excluding carboxylic acids is 1. The van der Waals surface area contributed by atoms with Crippen molar-refractivity contribution in [2.24, 2.45) is 5.92 Å². The molecule has 0 radical (unpaired) electrons. The molecule has 0 aliphatic heterocycles. The Morgan fingerprint density at radius 1 is 1.32 bits per heavy atom. The van der Waals surface area contributed by atoms with Crippen molar-refractivity contribution in [3.63, 3.8) is 0 Å². The van der Waals surface area contributed by atoms with Crippen molar-refractivity contribution in [3.05, 3.63) is 28.7 Å². The Hall–Kier alpha value is -1.07. The monoisotopic (exact) mass is 329 g/mol. The zero-order valence-corrected chi connectivity index (χ0v) is 12.9. The van der Waals surface area contributed by atoms with E-state index >= 15 is 0 Å². The molecule has 0 aromatic heterocycles. The highest BCUT2D eigenvalue weighted by Crippen LogP contribution is 2.16. The fourth-order valence-corrected chi connectivity index (χ4v) is 1.56. The van der Waals surface area contributed by atoms with Gasteiger partial charge in [0.1, 0.15) is 5.75 Å². The molecule has 1 N–H and O–H groups in total. The molecule has 1 amide bonds. The maximum Gasteiger partial charge on any atom is 0.243 e. The van der Waals surface area contributed by atoms with Gasteiger partial charge in [-0.15, -0.1) is 0 Å². The molecule has 0 unspecified atom stereocenters. The molecule has 0 heterocycles. The molecule has 0 aliphatic carbocycles. The molecule has 1 rings (SSSR count). The van der Waals surface area contributed by atoms with Crippen molar-refractivity contribution in [1.82, 2.24) is 5.48 Å². The summed E-state index contributed by atoms with van der Waals surface area (Å²) in [5, 5.41) is 0. The van der Waals surface area contributed by atoms with Crippen LogP contribution in [0.1, 0.15) is 26.7 Å². The molecule has 0 atom stereocenters. The van der Waals surface area contributed by atoms with Gasteiger partial charge in [0.25, 0.3) is 0 Å². The van der Waals surface area contributed by atoms with Crippen LogP contribution in [-0.2, 0) is 9.63 Å². The van der Waals surface area contributed by atoms with Crippen LogP contribution in [-0.4, -0.2) is 19.1 Å². The van der Waals surface area contributed by atoms with Gasteiger partial charge in [-0.2, -0.15) is 0 Å². The maximum atomic E-state index is 11.4. The van der Waals surface area contributed by atoms with Crippen molar-refractivity contribution in [3.8, 4) is 5.75 Å². The number of hydrogen-bond acceptors (Lipinski definition) is 3. The van der Waals surface area contributed by atoms with Gasteiger partial charge in [0, 0.05) is 10.9 Å². The van der Waals surface area contributed by atoms with Gasteiger partial charge < -0.3 is 4.74 Å². The van der Waals surface area contributed by atoms with E-state index in [0.29, 0.717) is 32.0 Å². The molecular formula is C14H20BrNO3. The first kappa shape index (κ1) is 16.0. The number of halogens is 1. The van der Waals surface area contributed by atoms with Gasteiger partial charge in [0.05, 0.1) is 13.2 Å². The Bertz CT molecular complexity index is 379. The average molecular weight is 330 g/mol. The number of hydrogen-bond donors (Lipinski definition) is 1. The minimum atomic E-state index is -0.111. The normalized spacial score (nSPS) is 10.5. The molecule has 4 nitrogen and oxygen atoms in total. The van der Waals surface area contributed by atoms with Crippen LogP contribution in [0.3, 0.4) is 0 Å². The molecule has 106 valence electrons. The number of ether oxygens (including phenoxy) is 1. The first-order valence-electron chi connectivity index (χ1n) is 6.37. The number of nitrogens with one attached hydrogen (secondary N) is 1. The van der Waals surface area contributed by atoms with E-state index in [4.69, 9.17) is 9.57 Å². The number of benzene rings is 1. The molecule has 1 aromatic carbocycles. The second-order valence-corrected chi connectivity index (χ2v) is 5.55. The third-order valence-corrected chi connectivity index (χ3v) is 2.76. The molecule has 0 saturated heterocycles. The van der Waals surface area contributed by atoms with Crippen LogP contribution in [0.15, 0.2) is 28.7 Å². The van der Waals surface area contributed by atoms with E-state index in [1.807, 2.05) is 38.1 Å². The standard InChI is InChI=1S/C14H20BrNO3/c1-11(2)10-19-16-14(17)4-3-9-18-13-7-5-12(15)6-8-13/h5-8,11H,3-4,9-10H2,1-2H3,(H,16,17). The summed E-state index contributed by atoms with van der Waals surface area (Å²) in [4.78, 5) is 16.4. The summed E-state index contributed by atoms with van der Waals surface area (Å²) < 4.78 is 6.53. The third-order valence-electron chi connectivity index (χ3n) is 2.23. The maximum absolute atomic E-state index is 11.4. The smallest absolute Gasteiger partial charge is 0.243 e. The molecule has 5 heteroatoms. The molecule has 1 aromatic rings. The van der Waals surface area contributed by atoms with E-state index in [-0.39, 0.29) is 5.91 Å². The lowest BCUT2D eigenvalue weighted by molar-refractivity contribution is -0.134. The van der Waals surface area contributed by atoms with Crippen molar-refractivity contribution < 1.29 is 14.4 Å². The molecule has 0 saturated carbocycles. The number of rotatable bonds is 8. The van der Waals surface area contributed by atoms with E-state index < -0.39 is 0 Å². The van der Waals surface area contributed by atoms with Crippen LogP contribution in [0.5, 0.6) is 5.75 Å². The SMILES string of the molecule is CC(C)CONC(=O)CCCOc1ccc(Br)cc1. The quantitative estimate of drug-likeness (QED) is 0.588. The first-order valence-corrected chi connectivity index (χ1v) is 7.16. The predicted octanol–water partition coefficient (Wildman–Crippen LogP) is 3.31. The molecular weight excluding hydrogens is 310 g/mol.